The van der Waals surface area contributed by atoms with Crippen LogP contribution in [0.15, 0.2) is 36.7 Å². The lowest BCUT2D eigenvalue weighted by Gasteiger charge is -2.21. The molecule has 0 atom stereocenters. The summed E-state index contributed by atoms with van der Waals surface area (Å²) in [5, 5.41) is 15.1. The van der Waals surface area contributed by atoms with E-state index in [2.05, 4.69) is 5.10 Å². The van der Waals surface area contributed by atoms with Crippen LogP contribution in [0.25, 0.3) is 0 Å². The second-order valence-corrected chi connectivity index (χ2v) is 5.38. The van der Waals surface area contributed by atoms with Gasteiger partial charge >= 0.3 is 5.69 Å². The van der Waals surface area contributed by atoms with Crippen LogP contribution < -0.4 is 0 Å². The number of halogens is 1. The minimum absolute atomic E-state index is 0.0504. The van der Waals surface area contributed by atoms with Crippen molar-refractivity contribution in [3.05, 3.63) is 57.4 Å². The van der Waals surface area contributed by atoms with Crippen LogP contribution in [0.2, 0.25) is 5.02 Å². The Bertz CT molecular complexity index is 702. The molecule has 7 nitrogen and oxygen atoms in total. The van der Waals surface area contributed by atoms with E-state index < -0.39 is 4.92 Å². The number of hydrogen-bond acceptors (Lipinski definition) is 4. The van der Waals surface area contributed by atoms with Crippen molar-refractivity contribution < 1.29 is 9.72 Å². The van der Waals surface area contributed by atoms with Crippen LogP contribution in [0.3, 0.4) is 0 Å². The van der Waals surface area contributed by atoms with Crippen molar-refractivity contribution in [3.8, 4) is 0 Å². The number of aryl methyl sites for hydroxylation is 1. The highest BCUT2D eigenvalue weighted by Crippen LogP contribution is 2.17. The van der Waals surface area contributed by atoms with Gasteiger partial charge in [-0.2, -0.15) is 5.10 Å². The third-order valence-corrected chi connectivity index (χ3v) is 3.81. The second-order valence-electron chi connectivity index (χ2n) is 4.97. The first kappa shape index (κ1) is 17.0. The summed E-state index contributed by atoms with van der Waals surface area (Å²) in [6, 6.07) is 7.39. The Balaban J connectivity index is 1.94. The minimum Gasteiger partial charge on any atom is -0.339 e. The van der Waals surface area contributed by atoms with E-state index in [4.69, 9.17) is 11.6 Å². The number of nitro groups is 1. The standard InChI is InChI=1S/C15H17ClN4O3/c1-2-18(10-12-5-3-4-6-14(12)16)15(21)7-8-19-11-13(9-17-19)20(22)23/h3-6,9,11H,2,7-8,10H2,1H3. The van der Waals surface area contributed by atoms with Gasteiger partial charge < -0.3 is 4.90 Å². The summed E-state index contributed by atoms with van der Waals surface area (Å²) in [5.74, 6) is -0.0504. The first-order valence-corrected chi connectivity index (χ1v) is 7.57. The van der Waals surface area contributed by atoms with Crippen molar-refractivity contribution >= 4 is 23.2 Å². The molecule has 0 radical (unpaired) electrons. The summed E-state index contributed by atoms with van der Waals surface area (Å²) in [7, 11) is 0. The maximum Gasteiger partial charge on any atom is 0.306 e. The highest BCUT2D eigenvalue weighted by molar-refractivity contribution is 6.31. The van der Waals surface area contributed by atoms with Gasteiger partial charge in [0.15, 0.2) is 0 Å². The van der Waals surface area contributed by atoms with Crippen molar-refractivity contribution in [2.45, 2.75) is 26.4 Å². The molecule has 0 aliphatic heterocycles. The number of amides is 1. The number of carbonyl (C=O) groups excluding carboxylic acids is 1. The van der Waals surface area contributed by atoms with Crippen molar-refractivity contribution in [3.63, 3.8) is 0 Å². The van der Waals surface area contributed by atoms with Gasteiger partial charge in [-0.1, -0.05) is 29.8 Å². The van der Waals surface area contributed by atoms with Gasteiger partial charge in [0, 0.05) is 31.1 Å². The molecule has 2 rings (SSSR count). The zero-order valence-electron chi connectivity index (χ0n) is 12.7. The fourth-order valence-electron chi connectivity index (χ4n) is 2.15. The first-order valence-electron chi connectivity index (χ1n) is 7.19. The molecule has 1 heterocycles. The molecule has 0 aliphatic rings. The van der Waals surface area contributed by atoms with Crippen molar-refractivity contribution in [1.82, 2.24) is 14.7 Å². The van der Waals surface area contributed by atoms with Gasteiger partial charge in [-0.05, 0) is 18.6 Å². The van der Waals surface area contributed by atoms with Gasteiger partial charge in [-0.15, -0.1) is 0 Å². The highest BCUT2D eigenvalue weighted by Gasteiger charge is 2.15. The molecule has 0 aliphatic carbocycles. The molecule has 0 spiro atoms. The Morgan fingerprint density at radius 1 is 1.43 bits per heavy atom. The molecule has 122 valence electrons. The lowest BCUT2D eigenvalue weighted by Crippen LogP contribution is -2.31. The number of nitrogens with zero attached hydrogens (tertiary/aromatic N) is 4. The second kappa shape index (κ2) is 7.73. The van der Waals surface area contributed by atoms with Crippen LogP contribution in [-0.2, 0) is 17.9 Å². The highest BCUT2D eigenvalue weighted by atomic mass is 35.5. The molecule has 2 aromatic rings. The molecule has 0 saturated heterocycles. The van der Waals surface area contributed by atoms with E-state index in [0.29, 0.717) is 24.7 Å². The monoisotopic (exact) mass is 336 g/mol. The van der Waals surface area contributed by atoms with E-state index >= 15 is 0 Å². The molecule has 23 heavy (non-hydrogen) atoms. The molecule has 0 unspecified atom stereocenters. The van der Waals surface area contributed by atoms with Crippen molar-refractivity contribution in [2.24, 2.45) is 0 Å². The molecular formula is C15H17ClN4O3. The molecule has 1 amide bonds. The third-order valence-electron chi connectivity index (χ3n) is 3.44. The Kier molecular flexibility index (Phi) is 5.70. The van der Waals surface area contributed by atoms with Crippen LogP contribution in [0.4, 0.5) is 5.69 Å². The zero-order chi connectivity index (χ0) is 16.8. The maximum absolute atomic E-state index is 12.3. The van der Waals surface area contributed by atoms with E-state index in [9.17, 15) is 14.9 Å². The molecule has 1 aromatic heterocycles. The molecule has 0 saturated carbocycles. The summed E-state index contributed by atoms with van der Waals surface area (Å²) in [5.41, 5.74) is 0.806. The van der Waals surface area contributed by atoms with Crippen LogP contribution in [0.5, 0.6) is 0 Å². The number of benzene rings is 1. The zero-order valence-corrected chi connectivity index (χ0v) is 13.4. The van der Waals surface area contributed by atoms with E-state index in [1.807, 2.05) is 25.1 Å². The number of carbonyl (C=O) groups is 1. The van der Waals surface area contributed by atoms with Crippen LogP contribution >= 0.6 is 11.6 Å². The van der Waals surface area contributed by atoms with Gasteiger partial charge in [0.1, 0.15) is 12.4 Å². The van der Waals surface area contributed by atoms with Gasteiger partial charge in [-0.25, -0.2) is 0 Å². The van der Waals surface area contributed by atoms with Crippen LogP contribution in [0, 0.1) is 10.1 Å². The summed E-state index contributed by atoms with van der Waals surface area (Å²) < 4.78 is 1.40. The van der Waals surface area contributed by atoms with E-state index in [-0.39, 0.29) is 18.0 Å². The average molecular weight is 337 g/mol. The summed E-state index contributed by atoms with van der Waals surface area (Å²) in [6.45, 7) is 3.19. The number of aromatic nitrogens is 2. The van der Waals surface area contributed by atoms with E-state index in [1.165, 1.54) is 17.1 Å². The maximum atomic E-state index is 12.3. The summed E-state index contributed by atoms with van der Waals surface area (Å²) in [4.78, 5) is 24.1. The number of rotatable bonds is 7. The summed E-state index contributed by atoms with van der Waals surface area (Å²) in [6.07, 6.45) is 2.71. The van der Waals surface area contributed by atoms with E-state index in [0.717, 1.165) is 5.56 Å². The SMILES string of the molecule is CCN(Cc1ccccc1Cl)C(=O)CCn1cc([N+](=O)[O-])cn1. The first-order chi connectivity index (χ1) is 11.0. The third kappa shape index (κ3) is 4.53. The topological polar surface area (TPSA) is 81.3 Å². The fourth-order valence-corrected chi connectivity index (χ4v) is 2.34. The van der Waals surface area contributed by atoms with E-state index in [1.54, 1.807) is 11.0 Å². The molecule has 0 fully saturated rings. The molecular weight excluding hydrogens is 320 g/mol. The van der Waals surface area contributed by atoms with Crippen molar-refractivity contribution in [1.29, 1.82) is 0 Å². The Morgan fingerprint density at radius 2 is 2.17 bits per heavy atom. The number of hydrogen-bond donors (Lipinski definition) is 0. The van der Waals surface area contributed by atoms with Gasteiger partial charge in [0.05, 0.1) is 4.92 Å². The van der Waals surface area contributed by atoms with Crippen LogP contribution in [-0.4, -0.2) is 32.1 Å². The van der Waals surface area contributed by atoms with Crippen molar-refractivity contribution in [2.75, 3.05) is 6.54 Å². The molecule has 0 bridgehead atoms. The van der Waals surface area contributed by atoms with Crippen LogP contribution in [0.1, 0.15) is 18.9 Å². The van der Waals surface area contributed by atoms with Gasteiger partial charge in [-0.3, -0.25) is 19.6 Å². The molecule has 0 N–H and O–H groups in total. The lowest BCUT2D eigenvalue weighted by atomic mass is 10.2. The van der Waals surface area contributed by atoms with Gasteiger partial charge in [0.25, 0.3) is 0 Å². The smallest absolute Gasteiger partial charge is 0.306 e. The summed E-state index contributed by atoms with van der Waals surface area (Å²) >= 11 is 6.12. The predicted octanol–water partition coefficient (Wildman–Crippen LogP) is 2.88. The quantitative estimate of drug-likeness (QED) is 0.575. The molecule has 8 heteroatoms. The molecule has 1 aromatic carbocycles. The van der Waals surface area contributed by atoms with Gasteiger partial charge in [0.2, 0.25) is 5.91 Å². The normalized spacial score (nSPS) is 10.5. The average Bonchev–Trinajstić information content (AvgIpc) is 3.01. The minimum atomic E-state index is -0.513. The largest absolute Gasteiger partial charge is 0.339 e. The lowest BCUT2D eigenvalue weighted by molar-refractivity contribution is -0.385. The Labute approximate surface area is 138 Å². The fraction of sp³-hybridized carbons (Fsp3) is 0.333. The Hall–Kier alpha value is -2.41. The predicted molar refractivity (Wildman–Crippen MR) is 86.0 cm³/mol. The Morgan fingerprint density at radius 3 is 2.78 bits per heavy atom.